The number of nitrogen functional groups attached to an aromatic ring is 1. The van der Waals surface area contributed by atoms with Crippen molar-refractivity contribution in [1.29, 1.82) is 0 Å². The zero-order valence-corrected chi connectivity index (χ0v) is 18.2. The highest BCUT2D eigenvalue weighted by Crippen LogP contribution is 2.37. The Kier molecular flexibility index (Phi) is 4.87. The van der Waals surface area contributed by atoms with Crippen molar-refractivity contribution in [3.63, 3.8) is 0 Å². The summed E-state index contributed by atoms with van der Waals surface area (Å²) in [6.45, 7) is 4.44. The summed E-state index contributed by atoms with van der Waals surface area (Å²) in [6.07, 6.45) is 8.32. The lowest BCUT2D eigenvalue weighted by molar-refractivity contribution is -0.0205. The van der Waals surface area contributed by atoms with Crippen LogP contribution in [0, 0.1) is 5.92 Å². The molecule has 0 spiro atoms. The molecule has 168 valence electrons. The largest absolute Gasteiger partial charge is 0.491 e. The maximum Gasteiger partial charge on any atom is 0.147 e. The van der Waals surface area contributed by atoms with Crippen LogP contribution in [-0.2, 0) is 4.74 Å². The van der Waals surface area contributed by atoms with Gasteiger partial charge < -0.3 is 25.1 Å². The summed E-state index contributed by atoms with van der Waals surface area (Å²) in [5.74, 6) is 2.33. The van der Waals surface area contributed by atoms with Crippen LogP contribution in [0.1, 0.15) is 25.5 Å². The van der Waals surface area contributed by atoms with Crippen LogP contribution in [0.4, 0.5) is 11.6 Å². The van der Waals surface area contributed by atoms with E-state index in [4.69, 9.17) is 20.2 Å². The number of fused-ring (bicyclic) bond motifs is 2. The topological polar surface area (TPSA) is 100 Å². The molecule has 1 aromatic carbocycles. The second-order valence-electron chi connectivity index (χ2n) is 8.76. The zero-order chi connectivity index (χ0) is 22.4. The lowest BCUT2D eigenvalue weighted by Gasteiger charge is -2.18. The van der Waals surface area contributed by atoms with Gasteiger partial charge in [0.1, 0.15) is 48.3 Å². The molecule has 8 heteroatoms. The fourth-order valence-electron chi connectivity index (χ4n) is 4.44. The average molecular weight is 443 g/mol. The molecule has 0 bridgehead atoms. The SMILES string of the molecule is C=CC1C[C@H](n2ccc3c(N)ncnc32)O[C@@H]1COc1ccc2ccc(NC3CC3)nc2c1. The Labute approximate surface area is 191 Å². The zero-order valence-electron chi connectivity index (χ0n) is 18.2. The van der Waals surface area contributed by atoms with Crippen molar-refractivity contribution < 1.29 is 9.47 Å². The third-order valence-corrected chi connectivity index (χ3v) is 6.44. The van der Waals surface area contributed by atoms with Gasteiger partial charge in [0.15, 0.2) is 0 Å². The summed E-state index contributed by atoms with van der Waals surface area (Å²) in [4.78, 5) is 13.2. The smallest absolute Gasteiger partial charge is 0.147 e. The van der Waals surface area contributed by atoms with E-state index in [1.54, 1.807) is 0 Å². The number of hydrogen-bond acceptors (Lipinski definition) is 7. The second kappa shape index (κ2) is 8.04. The Morgan fingerprint density at radius 3 is 2.94 bits per heavy atom. The molecule has 3 aromatic heterocycles. The van der Waals surface area contributed by atoms with Crippen molar-refractivity contribution in [2.75, 3.05) is 17.7 Å². The minimum Gasteiger partial charge on any atom is -0.491 e. The molecule has 0 amide bonds. The van der Waals surface area contributed by atoms with Crippen LogP contribution in [0.2, 0.25) is 0 Å². The maximum absolute atomic E-state index is 6.38. The molecule has 3 atom stereocenters. The summed E-state index contributed by atoms with van der Waals surface area (Å²) in [7, 11) is 0. The van der Waals surface area contributed by atoms with Crippen LogP contribution in [0.3, 0.4) is 0 Å². The Bertz CT molecular complexity index is 1330. The molecule has 1 aliphatic carbocycles. The van der Waals surface area contributed by atoms with E-state index in [2.05, 4.69) is 27.9 Å². The first kappa shape index (κ1) is 20.0. The highest BCUT2D eigenvalue weighted by molar-refractivity contribution is 5.86. The summed E-state index contributed by atoms with van der Waals surface area (Å²) in [5.41, 5.74) is 7.67. The number of nitrogens with zero attached hydrogens (tertiary/aromatic N) is 4. The highest BCUT2D eigenvalue weighted by atomic mass is 16.6. The van der Waals surface area contributed by atoms with Gasteiger partial charge >= 0.3 is 0 Å². The monoisotopic (exact) mass is 442 g/mol. The van der Waals surface area contributed by atoms with Gasteiger partial charge in [-0.1, -0.05) is 6.08 Å². The van der Waals surface area contributed by atoms with E-state index in [1.165, 1.54) is 19.2 Å². The Balaban J connectivity index is 1.17. The molecular formula is C25H26N6O2. The fourth-order valence-corrected chi connectivity index (χ4v) is 4.44. The van der Waals surface area contributed by atoms with E-state index >= 15 is 0 Å². The molecule has 1 aliphatic heterocycles. The van der Waals surface area contributed by atoms with Gasteiger partial charge in [-0.05, 0) is 43.2 Å². The van der Waals surface area contributed by atoms with E-state index < -0.39 is 0 Å². The van der Waals surface area contributed by atoms with Gasteiger partial charge in [0.2, 0.25) is 0 Å². The number of pyridine rings is 1. The molecular weight excluding hydrogens is 416 g/mol. The number of nitrogens with one attached hydrogen (secondary N) is 1. The number of anilines is 2. The van der Waals surface area contributed by atoms with E-state index in [0.29, 0.717) is 18.5 Å². The molecule has 33 heavy (non-hydrogen) atoms. The van der Waals surface area contributed by atoms with Crippen LogP contribution in [0.25, 0.3) is 21.9 Å². The third kappa shape index (κ3) is 3.87. The molecule has 8 nitrogen and oxygen atoms in total. The number of benzene rings is 1. The van der Waals surface area contributed by atoms with Crippen molar-refractivity contribution in [3.8, 4) is 5.75 Å². The molecule has 3 N–H and O–H groups in total. The molecule has 2 fully saturated rings. The summed E-state index contributed by atoms with van der Waals surface area (Å²) in [5, 5.41) is 5.37. The molecule has 1 unspecified atom stereocenters. The number of nitrogens with two attached hydrogens (primary N) is 1. The van der Waals surface area contributed by atoms with Gasteiger partial charge in [-0.3, -0.25) is 0 Å². The summed E-state index contributed by atoms with van der Waals surface area (Å²) < 4.78 is 14.5. The molecule has 1 saturated carbocycles. The first-order valence-corrected chi connectivity index (χ1v) is 11.3. The first-order chi connectivity index (χ1) is 16.2. The van der Waals surface area contributed by atoms with Gasteiger partial charge in [0.25, 0.3) is 0 Å². The predicted molar refractivity (Wildman–Crippen MR) is 128 cm³/mol. The predicted octanol–water partition coefficient (Wildman–Crippen LogP) is 4.30. The van der Waals surface area contributed by atoms with Crippen molar-refractivity contribution >= 4 is 33.6 Å². The molecule has 0 radical (unpaired) electrons. The van der Waals surface area contributed by atoms with E-state index in [-0.39, 0.29) is 18.2 Å². The van der Waals surface area contributed by atoms with Gasteiger partial charge in [-0.2, -0.15) is 0 Å². The lowest BCUT2D eigenvalue weighted by atomic mass is 10.0. The van der Waals surface area contributed by atoms with Crippen molar-refractivity contribution in [1.82, 2.24) is 19.5 Å². The van der Waals surface area contributed by atoms with Crippen molar-refractivity contribution in [2.45, 2.75) is 37.6 Å². The third-order valence-electron chi connectivity index (χ3n) is 6.44. The average Bonchev–Trinajstić information content (AvgIpc) is 3.38. The highest BCUT2D eigenvalue weighted by Gasteiger charge is 2.35. The summed E-state index contributed by atoms with van der Waals surface area (Å²) >= 11 is 0. The van der Waals surface area contributed by atoms with Crippen LogP contribution < -0.4 is 15.8 Å². The minimum absolute atomic E-state index is 0.115. The maximum atomic E-state index is 6.38. The number of aromatic nitrogens is 4. The quantitative estimate of drug-likeness (QED) is 0.412. The minimum atomic E-state index is -0.164. The standard InChI is InChI=1S/C25H26N6O2/c1-2-15-11-23(31-10-9-19-24(26)27-14-28-25(19)31)33-21(15)13-32-18-7-3-16-4-8-22(29-17-5-6-17)30-20(16)12-18/h2-4,7-10,12,14-15,17,21,23H,1,5-6,11,13H2,(H,29,30)(H2,26,27,28)/t15?,21-,23-/m1/s1. The number of hydrogen-bond donors (Lipinski definition) is 2. The molecule has 6 rings (SSSR count). The van der Waals surface area contributed by atoms with E-state index in [1.807, 2.05) is 47.2 Å². The van der Waals surface area contributed by atoms with E-state index in [0.717, 1.165) is 39.9 Å². The summed E-state index contributed by atoms with van der Waals surface area (Å²) in [6, 6.07) is 12.6. The van der Waals surface area contributed by atoms with Gasteiger partial charge in [0.05, 0.1) is 10.9 Å². The van der Waals surface area contributed by atoms with E-state index in [9.17, 15) is 0 Å². The van der Waals surface area contributed by atoms with Gasteiger partial charge in [-0.15, -0.1) is 6.58 Å². The Hall–Kier alpha value is -3.65. The normalized spacial score (nSPS) is 22.6. The lowest BCUT2D eigenvalue weighted by Crippen LogP contribution is -2.23. The van der Waals surface area contributed by atoms with Crippen molar-refractivity contribution in [2.24, 2.45) is 5.92 Å². The first-order valence-electron chi connectivity index (χ1n) is 11.3. The van der Waals surface area contributed by atoms with Gasteiger partial charge in [-0.25, -0.2) is 15.0 Å². The van der Waals surface area contributed by atoms with Crippen LogP contribution in [0.5, 0.6) is 5.75 Å². The Morgan fingerprint density at radius 1 is 1.21 bits per heavy atom. The molecule has 2 aliphatic rings. The second-order valence-corrected chi connectivity index (χ2v) is 8.76. The molecule has 1 saturated heterocycles. The number of ether oxygens (including phenoxy) is 2. The van der Waals surface area contributed by atoms with Crippen molar-refractivity contribution in [3.05, 3.63) is 61.6 Å². The van der Waals surface area contributed by atoms with Gasteiger partial charge in [0, 0.05) is 36.0 Å². The van der Waals surface area contributed by atoms with Crippen LogP contribution in [0.15, 0.2) is 61.6 Å². The molecule has 4 aromatic rings. The Morgan fingerprint density at radius 2 is 2.09 bits per heavy atom. The fraction of sp³-hybridized carbons (Fsp3) is 0.320. The van der Waals surface area contributed by atoms with Crippen LogP contribution in [-0.4, -0.2) is 38.3 Å². The molecule has 4 heterocycles. The number of rotatable bonds is 7. The van der Waals surface area contributed by atoms with Crippen LogP contribution >= 0.6 is 0 Å².